The topological polar surface area (TPSA) is 29.6 Å². The van der Waals surface area contributed by atoms with E-state index >= 15 is 0 Å². The Balaban J connectivity index is 2.00. The lowest BCUT2D eigenvalue weighted by Crippen LogP contribution is -2.12. The van der Waals surface area contributed by atoms with Crippen LogP contribution in [0.4, 0.5) is 4.39 Å². The van der Waals surface area contributed by atoms with Crippen molar-refractivity contribution in [2.24, 2.45) is 10.1 Å². The van der Waals surface area contributed by atoms with Crippen molar-refractivity contribution in [2.45, 2.75) is 11.8 Å². The average molecular weight is 372 g/mol. The average Bonchev–Trinajstić information content (AvgIpc) is 3.04. The van der Waals surface area contributed by atoms with Crippen molar-refractivity contribution in [1.29, 1.82) is 0 Å². The number of thioether (sulfide) groups is 1. The smallest absolute Gasteiger partial charge is 0.206 e. The molecule has 0 unspecified atom stereocenters. The second kappa shape index (κ2) is 8.27. The number of hydrogen-bond acceptors (Lipinski definition) is 4. The second-order valence-electron chi connectivity index (χ2n) is 5.21. The molecule has 2 aromatic carbocycles. The zero-order chi connectivity index (χ0) is 17.6. The number of hydrogen-bond donors (Lipinski definition) is 0. The van der Waals surface area contributed by atoms with Gasteiger partial charge in [0.15, 0.2) is 0 Å². The molecular formula is C19H18FN3S2. The minimum Gasteiger partial charge on any atom is -0.258 e. The predicted octanol–water partition coefficient (Wildman–Crippen LogP) is 4.88. The molecule has 1 aromatic heterocycles. The maximum absolute atomic E-state index is 13.2. The highest BCUT2D eigenvalue weighted by Gasteiger charge is 2.07. The second-order valence-corrected chi connectivity index (χ2v) is 6.93. The van der Waals surface area contributed by atoms with Crippen LogP contribution in [0.1, 0.15) is 12.5 Å². The number of aromatic nitrogens is 1. The fraction of sp³-hybridized carbons (Fsp3) is 0.158. The first-order chi connectivity index (χ1) is 12.2. The first kappa shape index (κ1) is 17.6. The maximum Gasteiger partial charge on any atom is 0.206 e. The molecule has 1 heterocycles. The SMILES string of the molecule is CCN=c1scc(-c2ccc(F)cc2)n1/N=C/c1ccc(SC)cc1. The fourth-order valence-corrected chi connectivity index (χ4v) is 3.60. The molecule has 6 heteroatoms. The Morgan fingerprint density at radius 1 is 1.12 bits per heavy atom. The van der Waals surface area contributed by atoms with Gasteiger partial charge in [0.2, 0.25) is 4.80 Å². The largest absolute Gasteiger partial charge is 0.258 e. The summed E-state index contributed by atoms with van der Waals surface area (Å²) >= 11 is 3.24. The lowest BCUT2D eigenvalue weighted by molar-refractivity contribution is 0.628. The fourth-order valence-electron chi connectivity index (χ4n) is 2.29. The highest BCUT2D eigenvalue weighted by Crippen LogP contribution is 2.20. The van der Waals surface area contributed by atoms with Crippen molar-refractivity contribution in [3.63, 3.8) is 0 Å². The molecule has 0 aliphatic rings. The summed E-state index contributed by atoms with van der Waals surface area (Å²) in [5.41, 5.74) is 2.82. The molecule has 0 radical (unpaired) electrons. The minimum absolute atomic E-state index is 0.249. The van der Waals surface area contributed by atoms with Crippen LogP contribution >= 0.6 is 23.1 Å². The van der Waals surface area contributed by atoms with E-state index in [2.05, 4.69) is 28.5 Å². The van der Waals surface area contributed by atoms with E-state index in [4.69, 9.17) is 0 Å². The van der Waals surface area contributed by atoms with Gasteiger partial charge in [0.05, 0.1) is 11.9 Å². The van der Waals surface area contributed by atoms with Gasteiger partial charge in [-0.1, -0.05) is 12.1 Å². The summed E-state index contributed by atoms with van der Waals surface area (Å²) < 4.78 is 15.0. The lowest BCUT2D eigenvalue weighted by atomic mass is 10.2. The van der Waals surface area contributed by atoms with Gasteiger partial charge in [-0.15, -0.1) is 23.1 Å². The van der Waals surface area contributed by atoms with Crippen molar-refractivity contribution >= 4 is 29.3 Å². The van der Waals surface area contributed by atoms with E-state index in [9.17, 15) is 4.39 Å². The monoisotopic (exact) mass is 371 g/mol. The summed E-state index contributed by atoms with van der Waals surface area (Å²) in [5.74, 6) is -0.249. The van der Waals surface area contributed by atoms with Crippen molar-refractivity contribution in [3.8, 4) is 11.3 Å². The minimum atomic E-state index is -0.249. The third-order valence-corrected chi connectivity index (χ3v) is 5.15. The molecule has 3 rings (SSSR count). The molecule has 0 saturated heterocycles. The van der Waals surface area contributed by atoms with Crippen LogP contribution < -0.4 is 4.80 Å². The van der Waals surface area contributed by atoms with Crippen LogP contribution in [0.2, 0.25) is 0 Å². The van der Waals surface area contributed by atoms with E-state index in [1.165, 1.54) is 28.4 Å². The van der Waals surface area contributed by atoms with Crippen molar-refractivity contribution in [1.82, 2.24) is 4.68 Å². The Hall–Kier alpha value is -2.18. The van der Waals surface area contributed by atoms with Crippen LogP contribution in [0, 0.1) is 5.82 Å². The summed E-state index contributed by atoms with van der Waals surface area (Å²) in [5, 5.41) is 6.61. The summed E-state index contributed by atoms with van der Waals surface area (Å²) in [6.45, 7) is 2.67. The Morgan fingerprint density at radius 2 is 1.84 bits per heavy atom. The van der Waals surface area contributed by atoms with E-state index in [1.54, 1.807) is 23.9 Å². The maximum atomic E-state index is 13.2. The Morgan fingerprint density at radius 3 is 2.48 bits per heavy atom. The molecule has 0 aliphatic heterocycles. The third-order valence-electron chi connectivity index (χ3n) is 3.56. The summed E-state index contributed by atoms with van der Waals surface area (Å²) in [6.07, 6.45) is 3.87. The van der Waals surface area contributed by atoms with Crippen molar-refractivity contribution in [3.05, 3.63) is 70.1 Å². The van der Waals surface area contributed by atoms with Gasteiger partial charge < -0.3 is 0 Å². The first-order valence-electron chi connectivity index (χ1n) is 7.86. The zero-order valence-electron chi connectivity index (χ0n) is 14.0. The zero-order valence-corrected chi connectivity index (χ0v) is 15.6. The summed E-state index contributed by atoms with van der Waals surface area (Å²) in [4.78, 5) is 6.54. The van der Waals surface area contributed by atoms with Crippen LogP contribution in [0.5, 0.6) is 0 Å². The summed E-state index contributed by atoms with van der Waals surface area (Å²) in [6, 6.07) is 14.6. The first-order valence-corrected chi connectivity index (χ1v) is 9.97. The van der Waals surface area contributed by atoms with E-state index in [0.717, 1.165) is 21.6 Å². The normalized spacial score (nSPS) is 12.2. The number of rotatable bonds is 5. The van der Waals surface area contributed by atoms with Crippen LogP contribution in [0.3, 0.4) is 0 Å². The summed E-state index contributed by atoms with van der Waals surface area (Å²) in [7, 11) is 0. The molecule has 3 nitrogen and oxygen atoms in total. The Bertz CT molecular complexity index is 923. The quantitative estimate of drug-likeness (QED) is 0.464. The number of nitrogens with zero attached hydrogens (tertiary/aromatic N) is 3. The predicted molar refractivity (Wildman–Crippen MR) is 105 cm³/mol. The molecule has 0 aliphatic carbocycles. The molecule has 0 fully saturated rings. The molecule has 128 valence electrons. The number of benzene rings is 2. The molecule has 0 spiro atoms. The van der Waals surface area contributed by atoms with Gasteiger partial charge in [-0.3, -0.25) is 4.99 Å². The highest BCUT2D eigenvalue weighted by molar-refractivity contribution is 7.98. The van der Waals surface area contributed by atoms with Gasteiger partial charge in [-0.05, 0) is 55.1 Å². The van der Waals surface area contributed by atoms with Crippen LogP contribution in [-0.4, -0.2) is 23.7 Å². The Labute approximate surface area is 154 Å². The molecule has 0 N–H and O–H groups in total. The Kier molecular flexibility index (Phi) is 5.83. The molecule has 0 saturated carbocycles. The van der Waals surface area contributed by atoms with Crippen molar-refractivity contribution in [2.75, 3.05) is 12.8 Å². The molecule has 25 heavy (non-hydrogen) atoms. The van der Waals surface area contributed by atoms with E-state index in [1.807, 2.05) is 35.3 Å². The van der Waals surface area contributed by atoms with Crippen LogP contribution in [-0.2, 0) is 0 Å². The third kappa shape index (κ3) is 4.27. The van der Waals surface area contributed by atoms with Gasteiger partial charge in [-0.2, -0.15) is 5.10 Å². The van der Waals surface area contributed by atoms with Gasteiger partial charge in [0.1, 0.15) is 5.82 Å². The molecule has 0 bridgehead atoms. The lowest BCUT2D eigenvalue weighted by Gasteiger charge is -2.04. The number of halogens is 1. The van der Waals surface area contributed by atoms with Gasteiger partial charge in [0.25, 0.3) is 0 Å². The molecule has 0 amide bonds. The molecule has 3 aromatic rings. The number of thiazole rings is 1. The molecular weight excluding hydrogens is 353 g/mol. The van der Waals surface area contributed by atoms with E-state index in [-0.39, 0.29) is 5.82 Å². The van der Waals surface area contributed by atoms with Crippen molar-refractivity contribution < 1.29 is 4.39 Å². The highest BCUT2D eigenvalue weighted by atomic mass is 32.2. The molecule has 0 atom stereocenters. The van der Waals surface area contributed by atoms with Crippen LogP contribution in [0.25, 0.3) is 11.3 Å². The standard InChI is InChI=1S/C19H18FN3S2/c1-3-21-19-23(22-12-14-4-10-17(24-2)11-5-14)18(13-25-19)15-6-8-16(20)9-7-15/h4-13H,3H2,1-2H3/b21-19?,22-12+. The van der Waals surface area contributed by atoms with Crippen LogP contribution in [0.15, 0.2) is 68.9 Å². The van der Waals surface area contributed by atoms with Gasteiger partial charge in [-0.25, -0.2) is 9.07 Å². The van der Waals surface area contributed by atoms with Gasteiger partial charge >= 0.3 is 0 Å². The van der Waals surface area contributed by atoms with E-state index in [0.29, 0.717) is 6.54 Å². The van der Waals surface area contributed by atoms with Gasteiger partial charge in [0, 0.05) is 22.4 Å². The van der Waals surface area contributed by atoms with E-state index < -0.39 is 0 Å².